The van der Waals surface area contributed by atoms with Crippen LogP contribution in [0.15, 0.2) is 48.5 Å². The van der Waals surface area contributed by atoms with Crippen molar-refractivity contribution in [1.29, 1.82) is 0 Å². The van der Waals surface area contributed by atoms with Gasteiger partial charge in [-0.25, -0.2) is 0 Å². The van der Waals surface area contributed by atoms with E-state index in [1.54, 1.807) is 4.90 Å². The van der Waals surface area contributed by atoms with Gasteiger partial charge in [-0.05, 0) is 54.7 Å². The Labute approximate surface area is 214 Å². The van der Waals surface area contributed by atoms with E-state index < -0.39 is 6.04 Å². The number of H-pyrrole nitrogens is 1. The fourth-order valence-electron chi connectivity index (χ4n) is 5.95. The molecule has 3 aromatic rings. The van der Waals surface area contributed by atoms with Crippen LogP contribution in [0.3, 0.4) is 0 Å². The maximum Gasteiger partial charge on any atom is 0.246 e. The van der Waals surface area contributed by atoms with Gasteiger partial charge in [0.15, 0.2) is 0 Å². The molecule has 0 radical (unpaired) electrons. The van der Waals surface area contributed by atoms with E-state index >= 15 is 0 Å². The van der Waals surface area contributed by atoms with Crippen molar-refractivity contribution in [3.63, 3.8) is 0 Å². The van der Waals surface area contributed by atoms with Gasteiger partial charge in [0.05, 0.1) is 12.6 Å². The predicted molar refractivity (Wildman–Crippen MR) is 144 cm³/mol. The van der Waals surface area contributed by atoms with Crippen molar-refractivity contribution >= 4 is 22.7 Å². The molecule has 2 aromatic carbocycles. The van der Waals surface area contributed by atoms with E-state index in [0.717, 1.165) is 53.8 Å². The van der Waals surface area contributed by atoms with Gasteiger partial charge in [-0.3, -0.25) is 9.59 Å². The topological polar surface area (TPSA) is 59.6 Å². The predicted octanol–water partition coefficient (Wildman–Crippen LogP) is 4.71. The van der Waals surface area contributed by atoms with Gasteiger partial charge in [-0.1, -0.05) is 70.2 Å². The van der Waals surface area contributed by atoms with E-state index in [-0.39, 0.29) is 24.4 Å². The molecular weight excluding hydrogens is 448 g/mol. The molecule has 2 atom stereocenters. The molecule has 0 bridgehead atoms. The summed E-state index contributed by atoms with van der Waals surface area (Å²) in [4.78, 5) is 37.1. The third-order valence-electron chi connectivity index (χ3n) is 8.06. The maximum atomic E-state index is 13.8. The molecule has 36 heavy (non-hydrogen) atoms. The van der Waals surface area contributed by atoms with Crippen LogP contribution in [0.4, 0.5) is 0 Å². The Hall–Kier alpha value is -3.12. The second-order valence-corrected chi connectivity index (χ2v) is 10.4. The number of nitrogens with one attached hydrogen (secondary N) is 1. The third kappa shape index (κ3) is 4.32. The van der Waals surface area contributed by atoms with E-state index in [1.807, 2.05) is 17.0 Å². The van der Waals surface area contributed by atoms with Gasteiger partial charge in [-0.2, -0.15) is 0 Å². The number of aromatic amines is 1. The summed E-state index contributed by atoms with van der Waals surface area (Å²) in [7, 11) is 0. The van der Waals surface area contributed by atoms with Crippen LogP contribution in [0.2, 0.25) is 0 Å². The molecule has 190 valence electrons. The van der Waals surface area contributed by atoms with Crippen molar-refractivity contribution in [3.8, 4) is 0 Å². The van der Waals surface area contributed by atoms with Gasteiger partial charge >= 0.3 is 0 Å². The van der Waals surface area contributed by atoms with Crippen molar-refractivity contribution in [2.45, 2.75) is 58.5 Å². The summed E-state index contributed by atoms with van der Waals surface area (Å²) in [5.74, 6) is 0.545. The average molecular weight is 487 g/mol. The van der Waals surface area contributed by atoms with Gasteiger partial charge in [0.1, 0.15) is 6.04 Å². The molecule has 1 saturated heterocycles. The minimum atomic E-state index is -0.471. The fourth-order valence-corrected chi connectivity index (χ4v) is 5.95. The van der Waals surface area contributed by atoms with Crippen molar-refractivity contribution in [3.05, 3.63) is 70.9 Å². The largest absolute Gasteiger partial charge is 0.356 e. The zero-order valence-corrected chi connectivity index (χ0v) is 22.0. The Kier molecular flexibility index (Phi) is 6.89. The summed E-state index contributed by atoms with van der Waals surface area (Å²) in [5, 5.41) is 1.15. The summed E-state index contributed by atoms with van der Waals surface area (Å²) in [6, 6.07) is 16.1. The van der Waals surface area contributed by atoms with Crippen LogP contribution >= 0.6 is 0 Å². The van der Waals surface area contributed by atoms with E-state index in [0.29, 0.717) is 18.9 Å². The molecule has 2 unspecified atom stereocenters. The van der Waals surface area contributed by atoms with Gasteiger partial charge in [0, 0.05) is 29.6 Å². The first-order valence-corrected chi connectivity index (χ1v) is 13.4. The molecule has 1 N–H and O–H groups in total. The van der Waals surface area contributed by atoms with Crippen LogP contribution in [0, 0.1) is 0 Å². The standard InChI is InChI=1S/C30H38N4O2/c1-5-32(6-2)16-9-17-33-19-27(35)34-26(30(33)36)18-24-23-10-7-8-11-25(23)31-28(24)29(34)22-14-12-21(13-15-22)20(3)4/h7-8,10-15,20,26,29,31H,5-6,9,16-19H2,1-4H3. The Balaban J connectivity index is 1.51. The quantitative estimate of drug-likeness (QED) is 0.502. The number of rotatable bonds is 8. The number of piperazine rings is 1. The number of carbonyl (C=O) groups excluding carboxylic acids is 2. The average Bonchev–Trinajstić information content (AvgIpc) is 3.26. The summed E-state index contributed by atoms with van der Waals surface area (Å²) in [6.45, 7) is 12.4. The van der Waals surface area contributed by atoms with Gasteiger partial charge in [-0.15, -0.1) is 0 Å². The summed E-state index contributed by atoms with van der Waals surface area (Å²) < 4.78 is 0. The fraction of sp³-hybridized carbons (Fsp3) is 0.467. The molecule has 6 nitrogen and oxygen atoms in total. The second kappa shape index (κ2) is 10.1. The highest BCUT2D eigenvalue weighted by Gasteiger charge is 2.48. The molecule has 1 aromatic heterocycles. The lowest BCUT2D eigenvalue weighted by atomic mass is 9.85. The monoisotopic (exact) mass is 486 g/mol. The van der Waals surface area contributed by atoms with Gasteiger partial charge in [0.2, 0.25) is 11.8 Å². The second-order valence-electron chi connectivity index (χ2n) is 10.4. The highest BCUT2D eigenvalue weighted by molar-refractivity contribution is 5.97. The number of hydrogen-bond acceptors (Lipinski definition) is 3. The molecule has 1 fully saturated rings. The van der Waals surface area contributed by atoms with Crippen LogP contribution in [0.25, 0.3) is 10.9 Å². The zero-order valence-electron chi connectivity index (χ0n) is 22.0. The molecule has 2 aliphatic rings. The van der Waals surface area contributed by atoms with Crippen LogP contribution in [0.1, 0.15) is 68.5 Å². The van der Waals surface area contributed by atoms with Gasteiger partial charge < -0.3 is 19.7 Å². The molecule has 2 amide bonds. The number of benzene rings is 2. The minimum absolute atomic E-state index is 0.0321. The number of para-hydroxylation sites is 1. The maximum absolute atomic E-state index is 13.8. The summed E-state index contributed by atoms with van der Waals surface area (Å²) in [5.41, 5.74) is 5.58. The number of nitrogens with zero attached hydrogens (tertiary/aromatic N) is 3. The Bertz CT molecular complexity index is 1240. The number of carbonyl (C=O) groups is 2. The first kappa shape index (κ1) is 24.6. The van der Waals surface area contributed by atoms with E-state index in [4.69, 9.17) is 0 Å². The normalized spacial score (nSPS) is 19.9. The lowest BCUT2D eigenvalue weighted by Crippen LogP contribution is -2.63. The molecule has 3 heterocycles. The molecule has 2 aliphatic heterocycles. The Morgan fingerprint density at radius 3 is 2.44 bits per heavy atom. The lowest BCUT2D eigenvalue weighted by molar-refractivity contribution is -0.158. The van der Waals surface area contributed by atoms with Gasteiger partial charge in [0.25, 0.3) is 0 Å². The highest BCUT2D eigenvalue weighted by atomic mass is 16.2. The molecule has 0 aliphatic carbocycles. The summed E-state index contributed by atoms with van der Waals surface area (Å²) >= 11 is 0. The van der Waals surface area contributed by atoms with Crippen molar-refractivity contribution in [2.75, 3.05) is 32.7 Å². The molecule has 6 heteroatoms. The van der Waals surface area contributed by atoms with Crippen molar-refractivity contribution in [1.82, 2.24) is 19.7 Å². The van der Waals surface area contributed by atoms with E-state index in [9.17, 15) is 9.59 Å². The Morgan fingerprint density at radius 2 is 1.75 bits per heavy atom. The third-order valence-corrected chi connectivity index (χ3v) is 8.06. The lowest BCUT2D eigenvalue weighted by Gasteiger charge is -2.47. The number of aromatic nitrogens is 1. The molecule has 0 spiro atoms. The SMILES string of the molecule is CCN(CC)CCCN1CC(=O)N2C(Cc3c([nH]c4ccccc34)C2c2ccc(C(C)C)cc2)C1=O. The zero-order chi connectivity index (χ0) is 25.4. The van der Waals surface area contributed by atoms with Crippen LogP contribution in [0.5, 0.6) is 0 Å². The van der Waals surface area contributed by atoms with Crippen LogP contribution < -0.4 is 0 Å². The van der Waals surface area contributed by atoms with E-state index in [1.165, 1.54) is 5.56 Å². The number of hydrogen-bond donors (Lipinski definition) is 1. The molecule has 0 saturated carbocycles. The Morgan fingerprint density at radius 1 is 1.03 bits per heavy atom. The van der Waals surface area contributed by atoms with Crippen molar-refractivity contribution in [2.24, 2.45) is 0 Å². The number of fused-ring (bicyclic) bond motifs is 4. The minimum Gasteiger partial charge on any atom is -0.356 e. The number of amides is 2. The first-order chi connectivity index (χ1) is 17.4. The van der Waals surface area contributed by atoms with Crippen molar-refractivity contribution < 1.29 is 9.59 Å². The molecule has 5 rings (SSSR count). The smallest absolute Gasteiger partial charge is 0.246 e. The highest BCUT2D eigenvalue weighted by Crippen LogP contribution is 2.42. The first-order valence-electron chi connectivity index (χ1n) is 13.4. The van der Waals surface area contributed by atoms with E-state index in [2.05, 4.69) is 74.0 Å². The summed E-state index contributed by atoms with van der Waals surface area (Å²) in [6.07, 6.45) is 1.43. The molecular formula is C30H38N4O2. The van der Waals surface area contributed by atoms with Crippen LogP contribution in [-0.2, 0) is 16.0 Å². The van der Waals surface area contributed by atoms with Crippen LogP contribution in [-0.4, -0.2) is 70.3 Å².